The molecule has 77 valence electrons. The molecule has 1 rings (SSSR count). The highest BCUT2D eigenvalue weighted by molar-refractivity contribution is 5.20. The smallest absolute Gasteiger partial charge is 0.250 e. The summed E-state index contributed by atoms with van der Waals surface area (Å²) >= 11 is 0. The van der Waals surface area contributed by atoms with Gasteiger partial charge in [-0.05, 0) is 0 Å². The lowest BCUT2D eigenvalue weighted by Crippen LogP contribution is -2.42. The van der Waals surface area contributed by atoms with Gasteiger partial charge in [-0.25, -0.2) is 0 Å². The fourth-order valence-electron chi connectivity index (χ4n) is 1.33. The van der Waals surface area contributed by atoms with Gasteiger partial charge in [0.15, 0.2) is 0 Å². The van der Waals surface area contributed by atoms with Crippen molar-refractivity contribution in [2.75, 3.05) is 14.2 Å². The van der Waals surface area contributed by atoms with Gasteiger partial charge in [-0.1, -0.05) is 30.3 Å². The molecule has 0 aliphatic heterocycles. The van der Waals surface area contributed by atoms with Crippen LogP contribution in [0.1, 0.15) is 5.56 Å². The van der Waals surface area contributed by atoms with Gasteiger partial charge in [0.25, 0.3) is 0 Å². The minimum Gasteiger partial charge on any atom is -0.361 e. The summed E-state index contributed by atoms with van der Waals surface area (Å²) in [6.07, 6.45) is -1.99. The number of hydrogen-bond donors (Lipinski definition) is 1. The summed E-state index contributed by atoms with van der Waals surface area (Å²) in [6.45, 7) is 0. The topological polar surface area (TPSA) is 58.6 Å². The van der Waals surface area contributed by atoms with Crippen LogP contribution in [0.15, 0.2) is 30.3 Å². The van der Waals surface area contributed by atoms with E-state index in [1.54, 1.807) is 30.3 Å². The molecule has 4 heteroatoms. The highest BCUT2D eigenvalue weighted by Crippen LogP contribution is 2.28. The molecule has 0 bridgehead atoms. The minimum absolute atomic E-state index is 0.493. The van der Waals surface area contributed by atoms with E-state index in [2.05, 4.69) is 0 Å². The van der Waals surface area contributed by atoms with Gasteiger partial charge < -0.3 is 14.6 Å². The second kappa shape index (κ2) is 4.52. The Morgan fingerprint density at radius 3 is 2.07 bits per heavy atom. The molecule has 1 aromatic rings. The third-order valence-corrected chi connectivity index (χ3v) is 2.11. The van der Waals surface area contributed by atoms with Gasteiger partial charge in [0.1, 0.15) is 0 Å². The quantitative estimate of drug-likeness (QED) is 0.729. The molecule has 1 radical (unpaired) electrons. The number of benzene rings is 1. The first-order valence-electron chi connectivity index (χ1n) is 4.17. The Hall–Kier alpha value is -0.940. The summed E-state index contributed by atoms with van der Waals surface area (Å²) in [4.78, 5) is 0. The van der Waals surface area contributed by atoms with Crippen LogP contribution in [0, 0.1) is 0 Å². The van der Waals surface area contributed by atoms with E-state index in [-0.39, 0.29) is 0 Å². The van der Waals surface area contributed by atoms with Crippen molar-refractivity contribution in [3.63, 3.8) is 0 Å². The van der Waals surface area contributed by atoms with E-state index in [1.807, 2.05) is 0 Å². The zero-order valence-corrected chi connectivity index (χ0v) is 8.14. The minimum atomic E-state index is -1.99. The van der Waals surface area contributed by atoms with Crippen molar-refractivity contribution in [1.82, 2.24) is 0 Å². The number of aliphatic hydroxyl groups excluding tert-OH is 1. The molecule has 4 nitrogen and oxygen atoms in total. The third kappa shape index (κ3) is 1.78. The van der Waals surface area contributed by atoms with Crippen molar-refractivity contribution in [1.29, 1.82) is 0 Å². The van der Waals surface area contributed by atoms with E-state index in [0.29, 0.717) is 5.56 Å². The van der Waals surface area contributed by atoms with Crippen molar-refractivity contribution < 1.29 is 19.7 Å². The number of ether oxygens (including phenoxy) is 2. The monoisotopic (exact) mass is 197 g/mol. The maximum Gasteiger partial charge on any atom is 0.250 e. The summed E-state index contributed by atoms with van der Waals surface area (Å²) in [7, 11) is 2.63. The van der Waals surface area contributed by atoms with Crippen LogP contribution in [0.2, 0.25) is 0 Å². The van der Waals surface area contributed by atoms with E-state index >= 15 is 0 Å². The highest BCUT2D eigenvalue weighted by atomic mass is 16.7. The first kappa shape index (κ1) is 11.1. The van der Waals surface area contributed by atoms with Gasteiger partial charge in [-0.3, -0.25) is 0 Å². The number of hydrogen-bond acceptors (Lipinski definition) is 3. The molecule has 0 heterocycles. The van der Waals surface area contributed by atoms with Gasteiger partial charge in [0.2, 0.25) is 12.1 Å². The Morgan fingerprint density at radius 2 is 1.71 bits per heavy atom. The van der Waals surface area contributed by atoms with Gasteiger partial charge >= 0.3 is 0 Å². The maximum atomic E-state index is 11.1. The lowest BCUT2D eigenvalue weighted by atomic mass is 10.1. The van der Waals surface area contributed by atoms with Crippen LogP contribution in [0.25, 0.3) is 0 Å². The SMILES string of the molecule is COC(OC)(c1ccccc1)C([O])O. The molecule has 1 unspecified atom stereocenters. The first-order chi connectivity index (χ1) is 6.67. The fourth-order valence-corrected chi connectivity index (χ4v) is 1.33. The molecule has 1 aromatic carbocycles. The molecule has 0 fully saturated rings. The zero-order valence-electron chi connectivity index (χ0n) is 8.14. The molecule has 1 atom stereocenters. The molecular weight excluding hydrogens is 184 g/mol. The molecule has 0 amide bonds. The second-order valence-electron chi connectivity index (χ2n) is 2.79. The molecule has 0 saturated heterocycles. The fraction of sp³-hybridized carbons (Fsp3) is 0.400. The second-order valence-corrected chi connectivity index (χ2v) is 2.79. The zero-order chi connectivity index (χ0) is 10.6. The van der Waals surface area contributed by atoms with Gasteiger partial charge in [0.05, 0.1) is 0 Å². The summed E-state index contributed by atoms with van der Waals surface area (Å²) < 4.78 is 9.90. The molecular formula is C10H13O4. The van der Waals surface area contributed by atoms with Crippen LogP contribution in [0.5, 0.6) is 0 Å². The predicted octanol–water partition coefficient (Wildman–Crippen LogP) is 0.881. The van der Waals surface area contributed by atoms with E-state index in [1.165, 1.54) is 14.2 Å². The van der Waals surface area contributed by atoms with E-state index < -0.39 is 12.1 Å². The molecule has 1 N–H and O–H groups in total. The molecule has 0 aliphatic carbocycles. The molecule has 0 aliphatic rings. The van der Waals surface area contributed by atoms with Crippen molar-refractivity contribution in [2.24, 2.45) is 0 Å². The Kier molecular flexibility index (Phi) is 3.60. The lowest BCUT2D eigenvalue weighted by molar-refractivity contribution is -0.338. The number of rotatable bonds is 4. The van der Waals surface area contributed by atoms with E-state index in [0.717, 1.165) is 0 Å². The standard InChI is InChI=1S/C10H13O4/c1-13-10(14-2,9(11)12)8-6-4-3-5-7-8/h3-7,9,11H,1-2H3. The van der Waals surface area contributed by atoms with Crippen molar-refractivity contribution >= 4 is 0 Å². The average Bonchev–Trinajstić information content (AvgIpc) is 2.22. The van der Waals surface area contributed by atoms with Crippen LogP contribution >= 0.6 is 0 Å². The van der Waals surface area contributed by atoms with Gasteiger partial charge in [-0.15, -0.1) is 0 Å². The summed E-state index contributed by atoms with van der Waals surface area (Å²) in [6, 6.07) is 8.61. The first-order valence-corrected chi connectivity index (χ1v) is 4.17. The van der Waals surface area contributed by atoms with Crippen LogP contribution in [-0.4, -0.2) is 25.6 Å². The normalized spacial score (nSPS) is 12.1. The largest absolute Gasteiger partial charge is 0.361 e. The van der Waals surface area contributed by atoms with Gasteiger partial charge in [-0.2, -0.15) is 5.11 Å². The number of methoxy groups -OCH3 is 2. The maximum absolute atomic E-state index is 11.1. The van der Waals surface area contributed by atoms with Crippen LogP contribution in [0.4, 0.5) is 0 Å². The highest BCUT2D eigenvalue weighted by Gasteiger charge is 2.40. The summed E-state index contributed by atoms with van der Waals surface area (Å²) in [5.41, 5.74) is 0.493. The summed E-state index contributed by atoms with van der Waals surface area (Å²) in [5, 5.41) is 20.2. The molecule has 0 aromatic heterocycles. The molecule has 14 heavy (non-hydrogen) atoms. The lowest BCUT2D eigenvalue weighted by Gasteiger charge is -2.31. The van der Waals surface area contributed by atoms with Crippen LogP contribution < -0.4 is 0 Å². The van der Waals surface area contributed by atoms with Crippen LogP contribution in [-0.2, 0) is 20.4 Å². The molecule has 0 saturated carbocycles. The number of aliphatic hydroxyl groups is 1. The van der Waals surface area contributed by atoms with E-state index in [9.17, 15) is 5.11 Å². The van der Waals surface area contributed by atoms with Crippen molar-refractivity contribution in [2.45, 2.75) is 12.1 Å². The van der Waals surface area contributed by atoms with Crippen LogP contribution in [0.3, 0.4) is 0 Å². The molecule has 0 spiro atoms. The van der Waals surface area contributed by atoms with Crippen molar-refractivity contribution in [3.05, 3.63) is 35.9 Å². The predicted molar refractivity (Wildman–Crippen MR) is 48.8 cm³/mol. The van der Waals surface area contributed by atoms with Crippen molar-refractivity contribution in [3.8, 4) is 0 Å². The third-order valence-electron chi connectivity index (χ3n) is 2.11. The van der Waals surface area contributed by atoms with E-state index in [4.69, 9.17) is 14.6 Å². The van der Waals surface area contributed by atoms with Gasteiger partial charge in [0, 0.05) is 19.8 Å². The Balaban J connectivity index is 3.11. The Bertz CT molecular complexity index is 267. The Morgan fingerprint density at radius 1 is 1.21 bits per heavy atom. The summed E-state index contributed by atoms with van der Waals surface area (Å²) in [5.74, 6) is -1.62. The Labute approximate surface area is 82.7 Å². The average molecular weight is 197 g/mol.